The van der Waals surface area contributed by atoms with Crippen molar-refractivity contribution in [3.63, 3.8) is 0 Å². The number of hydrogen-bond acceptors (Lipinski definition) is 5. The fourth-order valence-electron chi connectivity index (χ4n) is 3.73. The summed E-state index contributed by atoms with van der Waals surface area (Å²) in [6, 6.07) is 7.99. The molecule has 0 radical (unpaired) electrons. The second-order valence-electron chi connectivity index (χ2n) is 8.43. The van der Waals surface area contributed by atoms with Crippen LogP contribution in [0.25, 0.3) is 0 Å². The zero-order valence-electron chi connectivity index (χ0n) is 19.3. The van der Waals surface area contributed by atoms with Crippen LogP contribution in [0.15, 0.2) is 47.3 Å². The Balaban J connectivity index is 1.46. The lowest BCUT2D eigenvalue weighted by Gasteiger charge is -2.34. The first-order valence-corrected chi connectivity index (χ1v) is 11.4. The lowest BCUT2D eigenvalue weighted by atomic mass is 10.1. The zero-order valence-corrected chi connectivity index (χ0v) is 20.0. The van der Waals surface area contributed by atoms with Gasteiger partial charge in [-0.15, -0.1) is 0 Å². The van der Waals surface area contributed by atoms with Crippen molar-refractivity contribution in [2.45, 2.75) is 31.5 Å². The van der Waals surface area contributed by atoms with E-state index in [-0.39, 0.29) is 49.9 Å². The van der Waals surface area contributed by atoms with Gasteiger partial charge in [-0.2, -0.15) is 18.2 Å². The molecule has 1 fully saturated rings. The summed E-state index contributed by atoms with van der Waals surface area (Å²) < 4.78 is 92.8. The molecule has 37 heavy (non-hydrogen) atoms. The van der Waals surface area contributed by atoms with E-state index in [0.717, 1.165) is 12.1 Å². The van der Waals surface area contributed by atoms with Gasteiger partial charge in [0.2, 0.25) is 5.88 Å². The maximum Gasteiger partial charge on any atom is 0.417 e. The third-order valence-electron chi connectivity index (χ3n) is 5.76. The Morgan fingerprint density at radius 1 is 1.08 bits per heavy atom. The van der Waals surface area contributed by atoms with Crippen molar-refractivity contribution in [3.05, 3.63) is 74.9 Å². The first kappa shape index (κ1) is 26.6. The second-order valence-corrected chi connectivity index (χ2v) is 8.84. The topological polar surface area (TPSA) is 56.6 Å². The molecule has 6 nitrogen and oxygen atoms in total. The van der Waals surface area contributed by atoms with Crippen molar-refractivity contribution in [2.24, 2.45) is 7.05 Å². The fourth-order valence-corrected chi connectivity index (χ4v) is 3.96. The summed E-state index contributed by atoms with van der Waals surface area (Å²) in [6.45, 7) is -0.100. The Morgan fingerprint density at radius 2 is 1.78 bits per heavy atom. The number of hydrogen-bond donors (Lipinski definition) is 0. The second kappa shape index (κ2) is 10.2. The van der Waals surface area contributed by atoms with Gasteiger partial charge in [0.05, 0.1) is 10.6 Å². The van der Waals surface area contributed by atoms with E-state index in [9.17, 15) is 31.1 Å². The molecule has 13 heteroatoms. The maximum atomic E-state index is 14.6. The van der Waals surface area contributed by atoms with Crippen molar-refractivity contribution in [2.75, 3.05) is 18.0 Å². The van der Waals surface area contributed by atoms with Gasteiger partial charge in [-0.25, -0.2) is 18.0 Å². The van der Waals surface area contributed by atoms with Crippen molar-refractivity contribution in [1.29, 1.82) is 0 Å². The van der Waals surface area contributed by atoms with Gasteiger partial charge in [0.1, 0.15) is 18.2 Å². The minimum atomic E-state index is -4.71. The predicted octanol–water partition coefficient (Wildman–Crippen LogP) is 6.20. The number of benzene rings is 2. The summed E-state index contributed by atoms with van der Waals surface area (Å²) in [4.78, 5) is 17.7. The number of rotatable bonds is 6. The monoisotopic (exact) mass is 547 g/mol. The van der Waals surface area contributed by atoms with E-state index < -0.39 is 34.2 Å². The summed E-state index contributed by atoms with van der Waals surface area (Å²) in [5.41, 5.74) is -1.45. The highest BCUT2D eigenvalue weighted by atomic mass is 35.5. The molecule has 0 aliphatic carbocycles. The van der Waals surface area contributed by atoms with Crippen LogP contribution in [-0.2, 0) is 19.8 Å². The van der Waals surface area contributed by atoms with Gasteiger partial charge in [-0.1, -0.05) is 17.7 Å². The lowest BCUT2D eigenvalue weighted by Crippen LogP contribution is -2.41. The van der Waals surface area contributed by atoms with Gasteiger partial charge in [0, 0.05) is 39.0 Å². The van der Waals surface area contributed by atoms with E-state index in [4.69, 9.17) is 21.1 Å². The van der Waals surface area contributed by atoms with Gasteiger partial charge >= 0.3 is 11.9 Å². The summed E-state index contributed by atoms with van der Waals surface area (Å²) in [5.74, 6) is -3.91. The van der Waals surface area contributed by atoms with E-state index in [1.807, 2.05) is 0 Å². The number of aromatic nitrogens is 2. The quantitative estimate of drug-likeness (QED) is 0.344. The Kier molecular flexibility index (Phi) is 7.31. The molecule has 2 aromatic carbocycles. The minimum Gasteiger partial charge on any atom is -0.473 e. The smallest absolute Gasteiger partial charge is 0.417 e. The number of piperidine rings is 1. The molecule has 4 rings (SSSR count). The van der Waals surface area contributed by atoms with Crippen LogP contribution in [0.1, 0.15) is 24.0 Å². The third kappa shape index (κ3) is 6.30. The van der Waals surface area contributed by atoms with Crippen LogP contribution in [-0.4, -0.2) is 28.6 Å². The Labute approximate surface area is 212 Å². The van der Waals surface area contributed by atoms with Gasteiger partial charge in [-0.05, 0) is 35.9 Å². The van der Waals surface area contributed by atoms with Gasteiger partial charge in [-0.3, -0.25) is 4.57 Å². The number of ether oxygens (including phenoxy) is 2. The standard InChI is InChI=1S/C24H20ClF6N3O3/c1-33-21(34-8-6-23(27,28)7-9-34)12-20(32-22(33)35)36-13-14-2-5-19(18(26)10-14)37-15-3-4-17(25)16(11-15)24(29,30)31/h2-5,10-12H,6-9,13H2,1H3. The van der Waals surface area contributed by atoms with Crippen LogP contribution < -0.4 is 20.1 Å². The highest BCUT2D eigenvalue weighted by molar-refractivity contribution is 6.31. The number of nitrogens with zero attached hydrogens (tertiary/aromatic N) is 3. The molecule has 1 aliphatic heterocycles. The van der Waals surface area contributed by atoms with E-state index in [0.29, 0.717) is 17.4 Å². The fraction of sp³-hybridized carbons (Fsp3) is 0.333. The van der Waals surface area contributed by atoms with Crippen LogP contribution in [0.3, 0.4) is 0 Å². The molecule has 0 spiro atoms. The first-order chi connectivity index (χ1) is 17.3. The normalized spacial score (nSPS) is 15.5. The van der Waals surface area contributed by atoms with Crippen molar-refractivity contribution in [1.82, 2.24) is 9.55 Å². The molecule has 3 aromatic rings. The van der Waals surface area contributed by atoms with Gasteiger partial charge in [0.15, 0.2) is 11.6 Å². The molecule has 1 aromatic heterocycles. The minimum absolute atomic E-state index is 0.0501. The molecule has 0 saturated carbocycles. The molecule has 0 N–H and O–H groups in total. The lowest BCUT2D eigenvalue weighted by molar-refractivity contribution is -0.137. The van der Waals surface area contributed by atoms with Crippen LogP contribution >= 0.6 is 11.6 Å². The Hall–Kier alpha value is -3.41. The molecule has 1 saturated heterocycles. The molecule has 0 unspecified atom stereocenters. The van der Waals surface area contributed by atoms with E-state index >= 15 is 0 Å². The van der Waals surface area contributed by atoms with Crippen molar-refractivity contribution < 1.29 is 35.8 Å². The molecule has 0 atom stereocenters. The molecule has 0 amide bonds. The van der Waals surface area contributed by atoms with E-state index in [2.05, 4.69) is 4.98 Å². The SMILES string of the molecule is Cn1c(N2CCC(F)(F)CC2)cc(OCc2ccc(Oc3ccc(Cl)c(C(F)(F)F)c3)c(F)c2)nc1=O. The van der Waals surface area contributed by atoms with Crippen LogP contribution in [0.5, 0.6) is 17.4 Å². The molecule has 2 heterocycles. The van der Waals surface area contributed by atoms with Crippen LogP contribution in [0.2, 0.25) is 5.02 Å². The largest absolute Gasteiger partial charge is 0.473 e. The van der Waals surface area contributed by atoms with E-state index in [1.54, 1.807) is 4.90 Å². The summed E-state index contributed by atoms with van der Waals surface area (Å²) >= 11 is 5.58. The molecular weight excluding hydrogens is 528 g/mol. The third-order valence-corrected chi connectivity index (χ3v) is 6.09. The Morgan fingerprint density at radius 3 is 2.43 bits per heavy atom. The summed E-state index contributed by atoms with van der Waals surface area (Å²) in [6.07, 6.45) is -5.40. The molecule has 0 bridgehead atoms. The summed E-state index contributed by atoms with van der Waals surface area (Å²) in [5, 5.41) is -0.515. The maximum absolute atomic E-state index is 14.6. The number of anilines is 1. The van der Waals surface area contributed by atoms with Gasteiger partial charge < -0.3 is 14.4 Å². The average Bonchev–Trinajstić information content (AvgIpc) is 2.82. The van der Waals surface area contributed by atoms with Crippen LogP contribution in [0, 0.1) is 5.82 Å². The van der Waals surface area contributed by atoms with Gasteiger partial charge in [0.25, 0.3) is 5.92 Å². The first-order valence-electron chi connectivity index (χ1n) is 11.0. The average molecular weight is 548 g/mol. The zero-order chi connectivity index (χ0) is 27.0. The van der Waals surface area contributed by atoms with E-state index in [1.165, 1.54) is 35.9 Å². The molecular formula is C24H20ClF6N3O3. The number of alkyl halides is 5. The Bertz CT molecular complexity index is 1350. The predicted molar refractivity (Wildman–Crippen MR) is 123 cm³/mol. The number of halogens is 7. The molecule has 198 valence electrons. The highest BCUT2D eigenvalue weighted by Gasteiger charge is 2.35. The van der Waals surface area contributed by atoms with Crippen molar-refractivity contribution >= 4 is 17.4 Å². The highest BCUT2D eigenvalue weighted by Crippen LogP contribution is 2.38. The molecule has 1 aliphatic rings. The van der Waals surface area contributed by atoms with Crippen molar-refractivity contribution in [3.8, 4) is 17.4 Å². The summed E-state index contributed by atoms with van der Waals surface area (Å²) in [7, 11) is 1.47. The van der Waals surface area contributed by atoms with Crippen LogP contribution in [0.4, 0.5) is 32.2 Å².